The topological polar surface area (TPSA) is 29.5 Å². The lowest BCUT2D eigenvalue weighted by Crippen LogP contribution is -2.30. The van der Waals surface area contributed by atoms with E-state index in [0.717, 1.165) is 36.1 Å². The third-order valence-corrected chi connectivity index (χ3v) is 4.24. The lowest BCUT2D eigenvalue weighted by atomic mass is 10.1. The van der Waals surface area contributed by atoms with Gasteiger partial charge in [0.1, 0.15) is 11.6 Å². The fourth-order valence-electron chi connectivity index (χ4n) is 2.71. The molecule has 4 heteroatoms. The highest BCUT2D eigenvalue weighted by molar-refractivity contribution is 5.74. The molecule has 126 valence electrons. The number of amides is 1. The van der Waals surface area contributed by atoms with Crippen LogP contribution in [0.25, 0.3) is 0 Å². The summed E-state index contributed by atoms with van der Waals surface area (Å²) in [5.74, 6) is 0.722. The molecule has 1 amide bonds. The van der Waals surface area contributed by atoms with Gasteiger partial charge in [0.15, 0.2) is 0 Å². The van der Waals surface area contributed by atoms with Crippen LogP contribution in [0.5, 0.6) is 5.75 Å². The number of nitrogens with zero attached hydrogens (tertiary/aromatic N) is 1. The predicted molar refractivity (Wildman–Crippen MR) is 91.3 cm³/mol. The highest BCUT2D eigenvalue weighted by atomic mass is 19.1. The van der Waals surface area contributed by atoms with Gasteiger partial charge in [-0.25, -0.2) is 4.39 Å². The average Bonchev–Trinajstić information content (AvgIpc) is 3.40. The Morgan fingerprint density at radius 1 is 1.08 bits per heavy atom. The van der Waals surface area contributed by atoms with Crippen LogP contribution >= 0.6 is 0 Å². The maximum atomic E-state index is 12.8. The van der Waals surface area contributed by atoms with Crippen molar-refractivity contribution >= 4 is 5.91 Å². The molecule has 0 aromatic heterocycles. The van der Waals surface area contributed by atoms with E-state index in [2.05, 4.69) is 0 Å². The maximum absolute atomic E-state index is 12.8. The molecule has 0 spiro atoms. The number of benzene rings is 2. The summed E-state index contributed by atoms with van der Waals surface area (Å²) in [6, 6.07) is 14.8. The molecule has 0 N–H and O–H groups in total. The molecule has 2 aromatic carbocycles. The Kier molecular flexibility index (Phi) is 5.14. The quantitative estimate of drug-likeness (QED) is 0.770. The molecule has 24 heavy (non-hydrogen) atoms. The van der Waals surface area contributed by atoms with E-state index in [1.54, 1.807) is 19.1 Å². The molecule has 0 heterocycles. The molecule has 0 saturated heterocycles. The highest BCUT2D eigenvalue weighted by Crippen LogP contribution is 2.28. The fourth-order valence-corrected chi connectivity index (χ4v) is 2.71. The molecule has 3 nitrogen and oxygen atoms in total. The Balaban J connectivity index is 1.49. The van der Waals surface area contributed by atoms with E-state index in [1.807, 2.05) is 29.2 Å². The van der Waals surface area contributed by atoms with E-state index in [-0.39, 0.29) is 11.7 Å². The van der Waals surface area contributed by atoms with Gasteiger partial charge in [0.2, 0.25) is 5.91 Å². The standard InChI is InChI=1S/C20H22FNO2/c1-15(23)22(19-8-9-19)14-17-4-10-20(11-5-17)24-13-12-16-2-6-18(21)7-3-16/h2-7,10-11,19H,8-9,12-14H2,1H3. The molecule has 3 rings (SSSR count). The minimum Gasteiger partial charge on any atom is -0.493 e. The van der Waals surface area contributed by atoms with Crippen LogP contribution in [-0.2, 0) is 17.8 Å². The van der Waals surface area contributed by atoms with Gasteiger partial charge in [0, 0.05) is 25.9 Å². The Hall–Kier alpha value is -2.36. The lowest BCUT2D eigenvalue weighted by Gasteiger charge is -2.20. The van der Waals surface area contributed by atoms with E-state index in [4.69, 9.17) is 4.74 Å². The second kappa shape index (κ2) is 7.47. The molecule has 0 bridgehead atoms. The smallest absolute Gasteiger partial charge is 0.219 e. The van der Waals surface area contributed by atoms with Gasteiger partial charge in [-0.1, -0.05) is 24.3 Å². The van der Waals surface area contributed by atoms with Crippen LogP contribution in [0.15, 0.2) is 48.5 Å². The molecule has 1 saturated carbocycles. The number of carbonyl (C=O) groups is 1. The molecule has 1 fully saturated rings. The van der Waals surface area contributed by atoms with Crippen molar-refractivity contribution in [3.63, 3.8) is 0 Å². The van der Waals surface area contributed by atoms with Gasteiger partial charge in [-0.05, 0) is 48.2 Å². The van der Waals surface area contributed by atoms with Crippen LogP contribution in [0.1, 0.15) is 30.9 Å². The van der Waals surface area contributed by atoms with E-state index in [9.17, 15) is 9.18 Å². The van der Waals surface area contributed by atoms with Crippen molar-refractivity contribution in [2.75, 3.05) is 6.61 Å². The van der Waals surface area contributed by atoms with Crippen LogP contribution in [-0.4, -0.2) is 23.5 Å². The zero-order valence-electron chi connectivity index (χ0n) is 13.9. The normalized spacial score (nSPS) is 13.6. The minimum atomic E-state index is -0.221. The van der Waals surface area contributed by atoms with Crippen molar-refractivity contribution < 1.29 is 13.9 Å². The Labute approximate surface area is 142 Å². The molecule has 0 unspecified atom stereocenters. The number of hydrogen-bond donors (Lipinski definition) is 0. The van der Waals surface area contributed by atoms with Crippen molar-refractivity contribution in [1.82, 2.24) is 4.90 Å². The summed E-state index contributed by atoms with van der Waals surface area (Å²) in [5.41, 5.74) is 2.16. The monoisotopic (exact) mass is 327 g/mol. The molecular weight excluding hydrogens is 305 g/mol. The van der Waals surface area contributed by atoms with E-state index < -0.39 is 0 Å². The van der Waals surface area contributed by atoms with Gasteiger partial charge >= 0.3 is 0 Å². The van der Waals surface area contributed by atoms with Gasteiger partial charge in [-0.3, -0.25) is 4.79 Å². The van der Waals surface area contributed by atoms with Gasteiger partial charge < -0.3 is 9.64 Å². The van der Waals surface area contributed by atoms with Gasteiger partial charge in [-0.15, -0.1) is 0 Å². The third-order valence-electron chi connectivity index (χ3n) is 4.24. The van der Waals surface area contributed by atoms with Crippen LogP contribution in [0.4, 0.5) is 4.39 Å². The zero-order valence-corrected chi connectivity index (χ0v) is 13.9. The number of rotatable bonds is 7. The largest absolute Gasteiger partial charge is 0.493 e. The van der Waals surface area contributed by atoms with Crippen molar-refractivity contribution in [2.45, 2.75) is 38.8 Å². The number of carbonyl (C=O) groups excluding carboxylic acids is 1. The van der Waals surface area contributed by atoms with Gasteiger partial charge in [0.25, 0.3) is 0 Å². The van der Waals surface area contributed by atoms with E-state index in [0.29, 0.717) is 19.2 Å². The van der Waals surface area contributed by atoms with Crippen molar-refractivity contribution in [1.29, 1.82) is 0 Å². The summed E-state index contributed by atoms with van der Waals surface area (Å²) in [4.78, 5) is 13.6. The lowest BCUT2D eigenvalue weighted by molar-refractivity contribution is -0.130. The van der Waals surface area contributed by atoms with Gasteiger partial charge in [-0.2, -0.15) is 0 Å². The number of ether oxygens (including phenoxy) is 1. The molecule has 1 aliphatic rings. The third kappa shape index (κ3) is 4.57. The van der Waals surface area contributed by atoms with Crippen molar-refractivity contribution in [2.24, 2.45) is 0 Å². The fraction of sp³-hybridized carbons (Fsp3) is 0.350. The SMILES string of the molecule is CC(=O)N(Cc1ccc(OCCc2ccc(F)cc2)cc1)C1CC1. The second-order valence-electron chi connectivity index (χ2n) is 6.25. The second-order valence-corrected chi connectivity index (χ2v) is 6.25. The Bertz CT molecular complexity index is 678. The minimum absolute atomic E-state index is 0.136. The van der Waals surface area contributed by atoms with Crippen LogP contribution in [0.2, 0.25) is 0 Å². The summed E-state index contributed by atoms with van der Waals surface area (Å²) >= 11 is 0. The first-order valence-corrected chi connectivity index (χ1v) is 8.35. The van der Waals surface area contributed by atoms with E-state index in [1.165, 1.54) is 12.1 Å². The summed E-state index contributed by atoms with van der Waals surface area (Å²) in [7, 11) is 0. The van der Waals surface area contributed by atoms with Crippen LogP contribution < -0.4 is 4.74 Å². The first-order valence-electron chi connectivity index (χ1n) is 8.35. The molecule has 2 aromatic rings. The van der Waals surface area contributed by atoms with Crippen molar-refractivity contribution in [3.05, 3.63) is 65.5 Å². The van der Waals surface area contributed by atoms with Crippen LogP contribution in [0.3, 0.4) is 0 Å². The molecule has 1 aliphatic carbocycles. The first kappa shape index (κ1) is 16.5. The molecular formula is C20H22FNO2. The summed E-state index contributed by atoms with van der Waals surface area (Å²) in [6.45, 7) is 2.84. The summed E-state index contributed by atoms with van der Waals surface area (Å²) < 4.78 is 18.6. The Morgan fingerprint density at radius 3 is 2.29 bits per heavy atom. The molecule has 0 aliphatic heterocycles. The summed E-state index contributed by atoms with van der Waals surface area (Å²) in [6.07, 6.45) is 2.97. The summed E-state index contributed by atoms with van der Waals surface area (Å²) in [5, 5.41) is 0. The Morgan fingerprint density at radius 2 is 1.71 bits per heavy atom. The van der Waals surface area contributed by atoms with E-state index >= 15 is 0 Å². The average molecular weight is 327 g/mol. The number of halogens is 1. The maximum Gasteiger partial charge on any atom is 0.219 e. The zero-order chi connectivity index (χ0) is 16.9. The predicted octanol–water partition coefficient (Wildman–Crippen LogP) is 3.96. The van der Waals surface area contributed by atoms with Crippen LogP contribution in [0, 0.1) is 5.82 Å². The van der Waals surface area contributed by atoms with Gasteiger partial charge in [0.05, 0.1) is 6.61 Å². The molecule has 0 radical (unpaired) electrons. The first-order chi connectivity index (χ1) is 11.6. The molecule has 0 atom stereocenters. The number of hydrogen-bond acceptors (Lipinski definition) is 2. The van der Waals surface area contributed by atoms with Crippen molar-refractivity contribution in [3.8, 4) is 5.75 Å². The highest BCUT2D eigenvalue weighted by Gasteiger charge is 2.30.